The van der Waals surface area contributed by atoms with Crippen LogP contribution in [0.1, 0.15) is 49.2 Å². The number of piperidine rings is 1. The highest BCUT2D eigenvalue weighted by molar-refractivity contribution is 9.10. The minimum atomic E-state index is -3.48. The van der Waals surface area contributed by atoms with Crippen LogP contribution >= 0.6 is 23.8 Å². The molecule has 0 N–H and O–H groups in total. The van der Waals surface area contributed by atoms with E-state index in [2.05, 4.69) is 64.5 Å². The van der Waals surface area contributed by atoms with Crippen LogP contribution < -0.4 is 4.90 Å². The maximum absolute atomic E-state index is 12.6. The molecule has 196 valence electrons. The summed E-state index contributed by atoms with van der Waals surface area (Å²) in [6.07, 6.45) is 3.99. The lowest BCUT2D eigenvalue weighted by molar-refractivity contribution is 0.102. The minimum absolute atomic E-state index is 0.285. The molecular weight excluding hydrogens is 543 g/mol. The molecule has 1 aliphatic heterocycles. The number of hydrogen-bond donors (Lipinski definition) is 0. The van der Waals surface area contributed by atoms with Crippen molar-refractivity contribution >= 4 is 40.6 Å². The third kappa shape index (κ3) is 5.70. The number of benzene rings is 1. The summed E-state index contributed by atoms with van der Waals surface area (Å²) < 4.78 is 32.1. The Hall–Kier alpha value is -1.77. The van der Waals surface area contributed by atoms with Gasteiger partial charge in [-0.25, -0.2) is 14.5 Å². The Kier molecular flexibility index (Phi) is 8.57. The van der Waals surface area contributed by atoms with Crippen molar-refractivity contribution in [1.82, 2.24) is 14.5 Å². The largest absolute Gasteiger partial charge is 0.474 e. The van der Waals surface area contributed by atoms with Gasteiger partial charge in [-0.15, -0.1) is 0 Å². The topological polar surface area (TPSA) is 78.7 Å². The van der Waals surface area contributed by atoms with Crippen molar-refractivity contribution in [3.63, 3.8) is 0 Å². The van der Waals surface area contributed by atoms with Crippen molar-refractivity contribution in [1.29, 1.82) is 0 Å². The second kappa shape index (κ2) is 11.3. The lowest BCUT2D eigenvalue weighted by atomic mass is 9.98. The molecule has 0 saturated carbocycles. The van der Waals surface area contributed by atoms with Gasteiger partial charge in [-0.2, -0.15) is 0 Å². The van der Waals surface area contributed by atoms with E-state index in [1.807, 2.05) is 6.92 Å². The summed E-state index contributed by atoms with van der Waals surface area (Å²) in [5.74, 6) is 2.02. The zero-order valence-electron chi connectivity index (χ0n) is 22.0. The normalized spacial score (nSPS) is 15.2. The zero-order chi connectivity index (χ0) is 26.0. The Morgan fingerprint density at radius 2 is 1.58 bits per heavy atom. The molecule has 0 spiro atoms. The molecule has 36 heavy (non-hydrogen) atoms. The fourth-order valence-electron chi connectivity index (χ4n) is 5.01. The number of nitrogens with zero attached hydrogens (tertiary/aromatic N) is 4. The molecule has 3 aromatic rings. The van der Waals surface area contributed by atoms with Gasteiger partial charge in [-0.05, 0) is 89.1 Å². The summed E-state index contributed by atoms with van der Waals surface area (Å²) in [6, 6.07) is 4.28. The fraction of sp³-hybridized carbons (Fsp3) is 0.538. The Bertz CT molecular complexity index is 1250. The van der Waals surface area contributed by atoms with Crippen molar-refractivity contribution in [2.45, 2.75) is 54.4 Å². The monoisotopic (exact) mass is 578 g/mol. The van der Waals surface area contributed by atoms with Crippen molar-refractivity contribution in [2.75, 3.05) is 37.8 Å². The van der Waals surface area contributed by atoms with E-state index >= 15 is 0 Å². The molecule has 0 unspecified atom stereocenters. The molecule has 0 aliphatic carbocycles. The number of phosphoric ester groups is 1. The molecular formula is C26H36BrN4O4P. The third-order valence-electron chi connectivity index (χ3n) is 6.58. The molecule has 10 heteroatoms. The van der Waals surface area contributed by atoms with E-state index in [0.29, 0.717) is 6.61 Å². The summed E-state index contributed by atoms with van der Waals surface area (Å²) in [4.78, 5) is 12.1. The lowest BCUT2D eigenvalue weighted by Gasteiger charge is -2.33. The van der Waals surface area contributed by atoms with E-state index in [0.717, 1.165) is 64.3 Å². The molecule has 0 atom stereocenters. The minimum Gasteiger partial charge on any atom is -0.356 e. The summed E-state index contributed by atoms with van der Waals surface area (Å²) in [7, 11) is -3.48. The van der Waals surface area contributed by atoms with E-state index in [-0.39, 0.29) is 19.1 Å². The number of fused-ring (bicyclic) bond motifs is 1. The van der Waals surface area contributed by atoms with Crippen LogP contribution in [0.3, 0.4) is 0 Å². The summed E-state index contributed by atoms with van der Waals surface area (Å²) >= 11 is 3.61. The lowest BCUT2D eigenvalue weighted by Crippen LogP contribution is -2.36. The van der Waals surface area contributed by atoms with Crippen LogP contribution in [0.25, 0.3) is 16.7 Å². The smallest absolute Gasteiger partial charge is 0.356 e. The molecule has 0 radical (unpaired) electrons. The predicted octanol–water partition coefficient (Wildman–Crippen LogP) is 6.83. The maximum Gasteiger partial charge on any atom is 0.474 e. The Balaban J connectivity index is 1.57. The molecule has 4 rings (SSSR count). The first-order valence-electron chi connectivity index (χ1n) is 12.6. The molecule has 1 aliphatic rings. The van der Waals surface area contributed by atoms with Gasteiger partial charge >= 0.3 is 7.82 Å². The van der Waals surface area contributed by atoms with Crippen LogP contribution in [0.15, 0.2) is 22.8 Å². The van der Waals surface area contributed by atoms with Gasteiger partial charge in [-0.1, -0.05) is 15.9 Å². The number of aromatic nitrogens is 3. The maximum atomic E-state index is 12.6. The van der Waals surface area contributed by atoms with Gasteiger partial charge in [0.25, 0.3) is 0 Å². The van der Waals surface area contributed by atoms with Crippen LogP contribution in [-0.2, 0) is 18.1 Å². The predicted molar refractivity (Wildman–Crippen MR) is 147 cm³/mol. The van der Waals surface area contributed by atoms with Crippen LogP contribution in [0.5, 0.6) is 0 Å². The number of rotatable bonds is 9. The first-order valence-corrected chi connectivity index (χ1v) is 14.8. The summed E-state index contributed by atoms with van der Waals surface area (Å²) in [5, 5.41) is 1.09. The SMILES string of the molecule is CCOP(=O)(OCC)OCC1CCN(c2nc(C)nc3c2c(C)cn3-c2c(C)cc(Br)cc2C)CC1. The second-order valence-corrected chi connectivity index (χ2v) is 12.0. The van der Waals surface area contributed by atoms with E-state index in [1.165, 1.54) is 11.1 Å². The van der Waals surface area contributed by atoms with Gasteiger partial charge in [0.05, 0.1) is 30.9 Å². The zero-order valence-corrected chi connectivity index (χ0v) is 24.5. The average Bonchev–Trinajstić information content (AvgIpc) is 3.13. The number of halogens is 1. The highest BCUT2D eigenvalue weighted by Gasteiger charge is 2.30. The quantitative estimate of drug-likeness (QED) is 0.257. The van der Waals surface area contributed by atoms with Crippen LogP contribution in [0.2, 0.25) is 0 Å². The van der Waals surface area contributed by atoms with Crippen molar-refractivity contribution in [3.05, 3.63) is 45.3 Å². The van der Waals surface area contributed by atoms with Gasteiger partial charge in [0, 0.05) is 23.8 Å². The number of hydrogen-bond acceptors (Lipinski definition) is 7. The number of anilines is 1. The second-order valence-electron chi connectivity index (χ2n) is 9.37. The Morgan fingerprint density at radius 3 is 2.17 bits per heavy atom. The van der Waals surface area contributed by atoms with E-state index in [1.54, 1.807) is 13.8 Å². The Morgan fingerprint density at radius 1 is 0.972 bits per heavy atom. The standard InChI is InChI=1S/C26H36BrN4O4P/c1-7-33-36(32,34-8-2)35-16-21-9-11-30(12-10-21)25-23-19(5)15-31(26(23)29-20(6)28-25)24-17(3)13-22(27)14-18(24)4/h13-15,21H,7-12,16H2,1-6H3. The first kappa shape index (κ1) is 27.3. The molecule has 1 fully saturated rings. The molecule has 0 amide bonds. The number of aryl methyl sites for hydroxylation is 4. The molecule has 0 bridgehead atoms. The molecule has 2 aromatic heterocycles. The van der Waals surface area contributed by atoms with Crippen LogP contribution in [0.4, 0.5) is 5.82 Å². The third-order valence-corrected chi connectivity index (χ3v) is 8.65. The molecule has 1 aromatic carbocycles. The van der Waals surface area contributed by atoms with Crippen molar-refractivity contribution < 1.29 is 18.1 Å². The van der Waals surface area contributed by atoms with E-state index in [4.69, 9.17) is 23.5 Å². The average molecular weight is 579 g/mol. The Labute approximate surface area is 222 Å². The van der Waals surface area contributed by atoms with Crippen molar-refractivity contribution in [2.24, 2.45) is 5.92 Å². The van der Waals surface area contributed by atoms with Gasteiger partial charge < -0.3 is 9.47 Å². The molecule has 1 saturated heterocycles. The van der Waals surface area contributed by atoms with Gasteiger partial charge in [-0.3, -0.25) is 13.6 Å². The van der Waals surface area contributed by atoms with Crippen LogP contribution in [0, 0.1) is 33.6 Å². The van der Waals surface area contributed by atoms with E-state index in [9.17, 15) is 4.57 Å². The van der Waals surface area contributed by atoms with Gasteiger partial charge in [0.1, 0.15) is 11.6 Å². The first-order chi connectivity index (χ1) is 17.2. The van der Waals surface area contributed by atoms with Crippen molar-refractivity contribution in [3.8, 4) is 5.69 Å². The summed E-state index contributed by atoms with van der Waals surface area (Å²) in [5.41, 5.74) is 5.62. The van der Waals surface area contributed by atoms with E-state index < -0.39 is 7.82 Å². The summed E-state index contributed by atoms with van der Waals surface area (Å²) in [6.45, 7) is 14.5. The van der Waals surface area contributed by atoms with Gasteiger partial charge in [0.15, 0.2) is 5.65 Å². The van der Waals surface area contributed by atoms with Crippen LogP contribution in [-0.4, -0.2) is 47.4 Å². The number of phosphoric acid groups is 1. The molecule has 8 nitrogen and oxygen atoms in total. The highest BCUT2D eigenvalue weighted by Crippen LogP contribution is 2.50. The van der Waals surface area contributed by atoms with Gasteiger partial charge in [0.2, 0.25) is 0 Å². The highest BCUT2D eigenvalue weighted by atomic mass is 79.9. The molecule has 3 heterocycles. The fourth-order valence-corrected chi connectivity index (χ4v) is 6.94.